The van der Waals surface area contributed by atoms with Crippen molar-refractivity contribution in [2.24, 2.45) is 0 Å². The topological polar surface area (TPSA) is 161 Å². The number of esters is 2. The van der Waals surface area contributed by atoms with Crippen molar-refractivity contribution in [3.8, 4) is 0 Å². The van der Waals surface area contributed by atoms with Gasteiger partial charge in [0, 0.05) is 35.2 Å². The van der Waals surface area contributed by atoms with Gasteiger partial charge in [-0.15, -0.1) is 11.8 Å². The van der Waals surface area contributed by atoms with Crippen LogP contribution in [0.25, 0.3) is 0 Å². The second-order valence-corrected chi connectivity index (χ2v) is 11.3. The van der Waals surface area contributed by atoms with E-state index in [1.807, 2.05) is 24.3 Å². The van der Waals surface area contributed by atoms with Gasteiger partial charge in [-0.05, 0) is 53.6 Å². The first-order valence-electron chi connectivity index (χ1n) is 13.9. The summed E-state index contributed by atoms with van der Waals surface area (Å²) in [7, 11) is 0. The van der Waals surface area contributed by atoms with Gasteiger partial charge in [-0.1, -0.05) is 36.4 Å². The van der Waals surface area contributed by atoms with Gasteiger partial charge in [0.15, 0.2) is 6.29 Å². The van der Waals surface area contributed by atoms with E-state index >= 15 is 0 Å². The maximum atomic E-state index is 13.0. The summed E-state index contributed by atoms with van der Waals surface area (Å²) < 4.78 is 17.4. The van der Waals surface area contributed by atoms with Crippen molar-refractivity contribution in [1.29, 1.82) is 0 Å². The van der Waals surface area contributed by atoms with E-state index in [-0.39, 0.29) is 41.1 Å². The number of carbonyl (C=O) groups excluding carboxylic acids is 3. The number of amides is 1. The molecular formula is C33H26N2O9S. The highest BCUT2D eigenvalue weighted by Gasteiger charge is 2.33. The molecule has 228 valence electrons. The van der Waals surface area contributed by atoms with Gasteiger partial charge in [0.25, 0.3) is 5.91 Å². The number of benzene rings is 3. The molecule has 0 bridgehead atoms. The van der Waals surface area contributed by atoms with Gasteiger partial charge in [-0.3, -0.25) is 4.79 Å². The van der Waals surface area contributed by atoms with Crippen LogP contribution >= 0.6 is 11.8 Å². The van der Waals surface area contributed by atoms with Gasteiger partial charge in [-0.2, -0.15) is 0 Å². The number of pyridine rings is 1. The van der Waals surface area contributed by atoms with E-state index in [4.69, 9.17) is 9.47 Å². The van der Waals surface area contributed by atoms with Crippen LogP contribution in [-0.2, 0) is 20.8 Å². The molecule has 1 amide bonds. The molecule has 2 aliphatic rings. The standard InChI is InChI=1S/C33H26N2O9S/c36-16-18-6-8-19(9-7-18)27-15-23(17-45-29-25(30(38)39)5-2-12-34-29)42-33(43-27)21-3-1-4-22(13-21)35-28(37)20-10-11-24-26(14-20)32(41)44-31(24)40/h1-14,23,27,33,36H,15-17H2,(H,35,37)(H,38,39). The van der Waals surface area contributed by atoms with Crippen LogP contribution in [0.3, 0.4) is 0 Å². The van der Waals surface area contributed by atoms with Crippen LogP contribution in [0.4, 0.5) is 5.69 Å². The first kappa shape index (κ1) is 30.2. The van der Waals surface area contributed by atoms with Crippen molar-refractivity contribution < 1.29 is 43.6 Å². The number of hydrogen-bond acceptors (Lipinski definition) is 10. The fraction of sp³-hybridized carbons (Fsp3) is 0.182. The molecule has 0 radical (unpaired) electrons. The molecule has 11 nitrogen and oxygen atoms in total. The number of rotatable bonds is 9. The zero-order chi connectivity index (χ0) is 31.5. The third-order valence-corrected chi connectivity index (χ3v) is 8.48. The predicted octanol–water partition coefficient (Wildman–Crippen LogP) is 5.17. The number of carbonyl (C=O) groups is 4. The van der Waals surface area contributed by atoms with Gasteiger partial charge < -0.3 is 29.7 Å². The summed E-state index contributed by atoms with van der Waals surface area (Å²) in [5, 5.41) is 22.2. The Morgan fingerprint density at radius 3 is 2.49 bits per heavy atom. The van der Waals surface area contributed by atoms with Crippen LogP contribution in [0.2, 0.25) is 0 Å². The normalized spacial score (nSPS) is 19.1. The molecule has 1 fully saturated rings. The van der Waals surface area contributed by atoms with Crippen LogP contribution < -0.4 is 5.32 Å². The first-order valence-corrected chi connectivity index (χ1v) is 14.9. The summed E-state index contributed by atoms with van der Waals surface area (Å²) >= 11 is 1.28. The Kier molecular flexibility index (Phi) is 8.71. The van der Waals surface area contributed by atoms with E-state index in [0.717, 1.165) is 11.1 Å². The third-order valence-electron chi connectivity index (χ3n) is 7.35. The molecule has 1 saturated heterocycles. The number of aliphatic hydroxyl groups excluding tert-OH is 1. The second-order valence-electron chi connectivity index (χ2n) is 10.3. The van der Waals surface area contributed by atoms with E-state index < -0.39 is 30.1 Å². The molecule has 0 saturated carbocycles. The summed E-state index contributed by atoms with van der Waals surface area (Å²) in [6.45, 7) is -0.0844. The Bertz CT molecular complexity index is 1790. The van der Waals surface area contributed by atoms with Crippen molar-refractivity contribution in [3.63, 3.8) is 0 Å². The molecule has 45 heavy (non-hydrogen) atoms. The fourth-order valence-corrected chi connectivity index (χ4v) is 6.06. The lowest BCUT2D eigenvalue weighted by molar-refractivity contribution is -0.245. The van der Waals surface area contributed by atoms with Crippen LogP contribution in [0.5, 0.6) is 0 Å². The molecule has 3 N–H and O–H groups in total. The minimum atomic E-state index is -1.06. The van der Waals surface area contributed by atoms with Crippen molar-refractivity contribution in [1.82, 2.24) is 4.98 Å². The molecule has 3 heterocycles. The Labute approximate surface area is 261 Å². The number of nitrogens with zero attached hydrogens (tertiary/aromatic N) is 1. The van der Waals surface area contributed by atoms with Crippen molar-refractivity contribution >= 4 is 41.3 Å². The van der Waals surface area contributed by atoms with Gasteiger partial charge in [0.05, 0.1) is 35.5 Å². The number of thioether (sulfide) groups is 1. The number of anilines is 1. The van der Waals surface area contributed by atoms with Crippen molar-refractivity contribution in [2.75, 3.05) is 11.1 Å². The molecule has 3 unspecified atom stereocenters. The van der Waals surface area contributed by atoms with E-state index in [1.165, 1.54) is 36.0 Å². The summed E-state index contributed by atoms with van der Waals surface area (Å²) in [6.07, 6.45) is 0.467. The number of aliphatic hydroxyl groups is 1. The quantitative estimate of drug-likeness (QED) is 0.128. The Hall–Kier alpha value is -4.88. The van der Waals surface area contributed by atoms with E-state index in [2.05, 4.69) is 15.0 Å². The number of fused-ring (bicyclic) bond motifs is 1. The fourth-order valence-electron chi connectivity index (χ4n) is 5.06. The molecule has 6 rings (SSSR count). The number of carboxylic acid groups (broad SMARTS) is 1. The van der Waals surface area contributed by atoms with E-state index in [9.17, 15) is 29.4 Å². The Balaban J connectivity index is 1.22. The number of aromatic carboxylic acids is 1. The lowest BCUT2D eigenvalue weighted by Crippen LogP contribution is -2.31. The van der Waals surface area contributed by atoms with Gasteiger partial charge >= 0.3 is 17.9 Å². The molecule has 12 heteroatoms. The molecule has 1 aromatic heterocycles. The first-order chi connectivity index (χ1) is 21.8. The lowest BCUT2D eigenvalue weighted by Gasteiger charge is -2.36. The highest BCUT2D eigenvalue weighted by Crippen LogP contribution is 2.40. The second kappa shape index (κ2) is 13.0. The lowest BCUT2D eigenvalue weighted by atomic mass is 10.0. The number of cyclic esters (lactones) is 2. The summed E-state index contributed by atoms with van der Waals surface area (Å²) in [6, 6.07) is 21.6. The number of hydrogen-bond donors (Lipinski definition) is 3. The average molecular weight is 627 g/mol. The molecule has 2 aliphatic heterocycles. The van der Waals surface area contributed by atoms with Gasteiger partial charge in [-0.25, -0.2) is 19.4 Å². The van der Waals surface area contributed by atoms with Crippen LogP contribution in [-0.4, -0.2) is 50.9 Å². The third kappa shape index (κ3) is 6.64. The van der Waals surface area contributed by atoms with E-state index in [0.29, 0.717) is 28.5 Å². The SMILES string of the molecule is O=C(Nc1cccc(C2OC(CSc3ncccc3C(=O)O)CC(c3ccc(CO)cc3)O2)c1)c1ccc2c(c1)C(=O)OC2=O. The molecular weight excluding hydrogens is 600 g/mol. The number of nitrogens with one attached hydrogen (secondary N) is 1. The van der Waals surface area contributed by atoms with Crippen molar-refractivity contribution in [3.05, 3.63) is 124 Å². The molecule has 0 aliphatic carbocycles. The highest BCUT2D eigenvalue weighted by atomic mass is 32.2. The number of aromatic nitrogens is 1. The van der Waals surface area contributed by atoms with Crippen LogP contribution in [0, 0.1) is 0 Å². The highest BCUT2D eigenvalue weighted by molar-refractivity contribution is 7.99. The van der Waals surface area contributed by atoms with E-state index in [1.54, 1.807) is 36.5 Å². The zero-order valence-corrected chi connectivity index (χ0v) is 24.4. The largest absolute Gasteiger partial charge is 0.478 e. The monoisotopic (exact) mass is 626 g/mol. The summed E-state index contributed by atoms with van der Waals surface area (Å²) in [5.41, 5.74) is 3.16. The Morgan fingerprint density at radius 1 is 0.911 bits per heavy atom. The maximum absolute atomic E-state index is 13.0. The van der Waals surface area contributed by atoms with Crippen molar-refractivity contribution in [2.45, 2.75) is 36.6 Å². The molecule has 0 spiro atoms. The molecule has 3 atom stereocenters. The number of ether oxygens (including phenoxy) is 3. The predicted molar refractivity (Wildman–Crippen MR) is 161 cm³/mol. The van der Waals surface area contributed by atoms with Crippen LogP contribution in [0.15, 0.2) is 90.1 Å². The smallest absolute Gasteiger partial charge is 0.346 e. The van der Waals surface area contributed by atoms with Gasteiger partial charge in [0.2, 0.25) is 0 Å². The molecule has 4 aromatic rings. The maximum Gasteiger partial charge on any atom is 0.346 e. The number of carboxylic acids is 1. The Morgan fingerprint density at radius 2 is 1.71 bits per heavy atom. The minimum absolute atomic E-state index is 0.0357. The minimum Gasteiger partial charge on any atom is -0.478 e. The average Bonchev–Trinajstić information content (AvgIpc) is 3.35. The van der Waals surface area contributed by atoms with Crippen LogP contribution in [0.1, 0.15) is 76.9 Å². The summed E-state index contributed by atoms with van der Waals surface area (Å²) in [4.78, 5) is 52.7. The summed E-state index contributed by atoms with van der Waals surface area (Å²) in [5.74, 6) is -2.70. The molecule has 3 aromatic carbocycles. The van der Waals surface area contributed by atoms with Gasteiger partial charge in [0.1, 0.15) is 5.03 Å². The zero-order valence-electron chi connectivity index (χ0n) is 23.5.